The van der Waals surface area contributed by atoms with Crippen LogP contribution in [0, 0.1) is 0 Å². The summed E-state index contributed by atoms with van der Waals surface area (Å²) in [6, 6.07) is 0. The van der Waals surface area contributed by atoms with E-state index in [0.717, 1.165) is 6.61 Å². The number of hydrogen-bond donors (Lipinski definition) is 0. The van der Waals surface area contributed by atoms with Gasteiger partial charge in [0.15, 0.2) is 0 Å². The molecule has 0 N–H and O–H groups in total. The molecule has 0 aromatic heterocycles. The molecule has 0 radical (unpaired) electrons. The maximum absolute atomic E-state index is 5.37. The Kier molecular flexibility index (Phi) is 2.20. The van der Waals surface area contributed by atoms with Crippen molar-refractivity contribution in [2.24, 2.45) is 0 Å². The van der Waals surface area contributed by atoms with Crippen LogP contribution in [0.25, 0.3) is 0 Å². The van der Waals surface area contributed by atoms with E-state index in [1.54, 1.807) is 0 Å². The second-order valence-electron chi connectivity index (χ2n) is 2.29. The van der Waals surface area contributed by atoms with E-state index >= 15 is 0 Å². The zero-order chi connectivity index (χ0) is 5.98. The highest BCUT2D eigenvalue weighted by Gasteiger charge is 2.13. The Bertz CT molecular complexity index is 56.9. The Balaban J connectivity index is 2.19. The van der Waals surface area contributed by atoms with Crippen molar-refractivity contribution in [3.8, 4) is 0 Å². The zero-order valence-electron chi connectivity index (χ0n) is 5.39. The van der Waals surface area contributed by atoms with E-state index < -0.39 is 0 Å². The van der Waals surface area contributed by atoms with Gasteiger partial charge in [0, 0.05) is 11.0 Å². The van der Waals surface area contributed by atoms with E-state index in [1.807, 2.05) is 11.8 Å². The van der Waals surface area contributed by atoms with Gasteiger partial charge in [-0.3, -0.25) is 0 Å². The predicted molar refractivity (Wildman–Crippen MR) is 37.3 cm³/mol. The average molecular weight is 132 g/mol. The van der Waals surface area contributed by atoms with E-state index in [1.165, 1.54) is 5.75 Å². The summed E-state index contributed by atoms with van der Waals surface area (Å²) in [6.45, 7) is 5.27. The van der Waals surface area contributed by atoms with Crippen molar-refractivity contribution in [1.29, 1.82) is 0 Å². The van der Waals surface area contributed by atoms with Gasteiger partial charge in [0.1, 0.15) is 0 Å². The zero-order valence-corrected chi connectivity index (χ0v) is 6.20. The molecule has 1 aliphatic rings. The fourth-order valence-electron chi connectivity index (χ4n) is 0.696. The molecule has 0 bridgehead atoms. The molecule has 0 amide bonds. The van der Waals surface area contributed by atoms with Crippen molar-refractivity contribution in [2.75, 3.05) is 12.4 Å². The smallest absolute Gasteiger partial charge is 0.0638 e. The first-order valence-corrected chi connectivity index (χ1v) is 4.07. The normalized spacial score (nSPS) is 39.8. The summed E-state index contributed by atoms with van der Waals surface area (Å²) in [6.07, 6.45) is 0.483. The molecule has 0 saturated carbocycles. The van der Waals surface area contributed by atoms with Crippen molar-refractivity contribution in [2.45, 2.75) is 25.2 Å². The van der Waals surface area contributed by atoms with Gasteiger partial charge in [0.2, 0.25) is 0 Å². The van der Waals surface area contributed by atoms with Gasteiger partial charge >= 0.3 is 0 Å². The number of hydrogen-bond acceptors (Lipinski definition) is 2. The van der Waals surface area contributed by atoms with Crippen LogP contribution in [0.5, 0.6) is 0 Å². The van der Waals surface area contributed by atoms with E-state index in [9.17, 15) is 0 Å². The van der Waals surface area contributed by atoms with Gasteiger partial charge in [-0.2, -0.15) is 11.8 Å². The van der Waals surface area contributed by atoms with E-state index in [0.29, 0.717) is 11.4 Å². The summed E-state index contributed by atoms with van der Waals surface area (Å²) in [5.74, 6) is 1.17. The van der Waals surface area contributed by atoms with Crippen molar-refractivity contribution >= 4 is 11.8 Å². The van der Waals surface area contributed by atoms with Crippen LogP contribution in [0.4, 0.5) is 0 Å². The molecule has 2 atom stereocenters. The minimum atomic E-state index is 0.483. The van der Waals surface area contributed by atoms with Crippen molar-refractivity contribution in [1.82, 2.24) is 0 Å². The lowest BCUT2D eigenvalue weighted by Gasteiger charge is -2.23. The Hall–Kier alpha value is 0.310. The first-order chi connectivity index (χ1) is 3.79. The molecule has 2 heteroatoms. The van der Waals surface area contributed by atoms with E-state index in [-0.39, 0.29) is 0 Å². The monoisotopic (exact) mass is 132 g/mol. The summed E-state index contributed by atoms with van der Waals surface area (Å²) in [5, 5.41) is 0.714. The fourth-order valence-corrected chi connectivity index (χ4v) is 1.57. The maximum atomic E-state index is 5.37. The Labute approximate surface area is 54.8 Å². The van der Waals surface area contributed by atoms with Crippen molar-refractivity contribution in [3.05, 3.63) is 0 Å². The molecular formula is C6H12OS. The molecule has 1 heterocycles. The molecule has 0 aromatic rings. The molecule has 1 aliphatic heterocycles. The minimum absolute atomic E-state index is 0.483. The number of ether oxygens (including phenoxy) is 1. The third-order valence-corrected chi connectivity index (χ3v) is 2.60. The lowest BCUT2D eigenvalue weighted by Crippen LogP contribution is -2.24. The summed E-state index contributed by atoms with van der Waals surface area (Å²) < 4.78 is 5.37. The van der Waals surface area contributed by atoms with E-state index in [2.05, 4.69) is 13.8 Å². The molecule has 48 valence electrons. The lowest BCUT2D eigenvalue weighted by atomic mass is 10.4. The third kappa shape index (κ3) is 1.67. The molecule has 0 spiro atoms. The maximum Gasteiger partial charge on any atom is 0.0638 e. The third-order valence-electron chi connectivity index (χ3n) is 1.23. The Morgan fingerprint density at radius 2 is 2.25 bits per heavy atom. The summed E-state index contributed by atoms with van der Waals surface area (Å²) in [7, 11) is 0. The summed E-state index contributed by atoms with van der Waals surface area (Å²) in [5.41, 5.74) is 0. The summed E-state index contributed by atoms with van der Waals surface area (Å²) in [4.78, 5) is 0. The molecule has 2 unspecified atom stereocenters. The van der Waals surface area contributed by atoms with Crippen molar-refractivity contribution < 1.29 is 4.74 Å². The van der Waals surface area contributed by atoms with Crippen LogP contribution in [0.15, 0.2) is 0 Å². The SMILES string of the molecule is CC1CSC(C)CO1. The first-order valence-electron chi connectivity index (χ1n) is 3.02. The van der Waals surface area contributed by atoms with Crippen LogP contribution < -0.4 is 0 Å². The predicted octanol–water partition coefficient (Wildman–Crippen LogP) is 1.53. The van der Waals surface area contributed by atoms with Crippen molar-refractivity contribution in [3.63, 3.8) is 0 Å². The molecule has 1 saturated heterocycles. The Morgan fingerprint density at radius 3 is 2.62 bits per heavy atom. The molecule has 1 rings (SSSR count). The van der Waals surface area contributed by atoms with Crippen LogP contribution >= 0.6 is 11.8 Å². The molecule has 0 aliphatic carbocycles. The summed E-state index contributed by atoms with van der Waals surface area (Å²) >= 11 is 2.00. The molecule has 8 heavy (non-hydrogen) atoms. The van der Waals surface area contributed by atoms with Gasteiger partial charge in [-0.1, -0.05) is 6.92 Å². The standard InChI is InChI=1S/C6H12OS/c1-5-4-8-6(2)3-7-5/h5-6H,3-4H2,1-2H3. The quantitative estimate of drug-likeness (QED) is 0.494. The van der Waals surface area contributed by atoms with Gasteiger partial charge in [0.25, 0.3) is 0 Å². The average Bonchev–Trinajstić information content (AvgIpc) is 1.77. The first kappa shape index (κ1) is 6.43. The van der Waals surface area contributed by atoms with Gasteiger partial charge in [-0.05, 0) is 6.92 Å². The van der Waals surface area contributed by atoms with Gasteiger partial charge in [-0.25, -0.2) is 0 Å². The Morgan fingerprint density at radius 1 is 1.50 bits per heavy atom. The minimum Gasteiger partial charge on any atom is -0.377 e. The molecule has 1 nitrogen and oxygen atoms in total. The second-order valence-corrected chi connectivity index (χ2v) is 3.76. The lowest BCUT2D eigenvalue weighted by molar-refractivity contribution is 0.0777. The number of rotatable bonds is 0. The van der Waals surface area contributed by atoms with Crippen LogP contribution in [-0.4, -0.2) is 23.7 Å². The molecular weight excluding hydrogens is 120 g/mol. The van der Waals surface area contributed by atoms with Crippen LogP contribution in [0.3, 0.4) is 0 Å². The highest BCUT2D eigenvalue weighted by molar-refractivity contribution is 8.00. The van der Waals surface area contributed by atoms with Crippen LogP contribution in [0.2, 0.25) is 0 Å². The molecule has 1 fully saturated rings. The van der Waals surface area contributed by atoms with Crippen LogP contribution in [-0.2, 0) is 4.74 Å². The van der Waals surface area contributed by atoms with Gasteiger partial charge in [0.05, 0.1) is 12.7 Å². The fraction of sp³-hybridized carbons (Fsp3) is 1.00. The largest absolute Gasteiger partial charge is 0.377 e. The highest BCUT2D eigenvalue weighted by Crippen LogP contribution is 2.18. The van der Waals surface area contributed by atoms with Gasteiger partial charge < -0.3 is 4.74 Å². The van der Waals surface area contributed by atoms with E-state index in [4.69, 9.17) is 4.74 Å². The topological polar surface area (TPSA) is 9.23 Å². The van der Waals surface area contributed by atoms with Gasteiger partial charge in [-0.15, -0.1) is 0 Å². The van der Waals surface area contributed by atoms with Crippen LogP contribution in [0.1, 0.15) is 13.8 Å². The number of thioether (sulfide) groups is 1. The molecule has 0 aromatic carbocycles. The second kappa shape index (κ2) is 2.74. The highest BCUT2D eigenvalue weighted by atomic mass is 32.2.